The summed E-state index contributed by atoms with van der Waals surface area (Å²) < 4.78 is 27.5. The standard InChI is InChI=1S/C16H17N3O2S/c1-11-7-8-12(2)15(9-11)22(20,21)17-10-16-18-13-5-3-4-6-14(13)19-16/h3-9,17H,10H2,1-2H3,(H,18,19). The maximum absolute atomic E-state index is 12.4. The van der Waals surface area contributed by atoms with E-state index >= 15 is 0 Å². The first-order chi connectivity index (χ1) is 10.5. The maximum Gasteiger partial charge on any atom is 0.241 e. The number of nitrogens with zero attached hydrogens (tertiary/aromatic N) is 1. The number of sulfonamides is 1. The van der Waals surface area contributed by atoms with E-state index in [-0.39, 0.29) is 6.54 Å². The van der Waals surface area contributed by atoms with E-state index in [2.05, 4.69) is 14.7 Å². The summed E-state index contributed by atoms with van der Waals surface area (Å²) in [5.74, 6) is 0.593. The van der Waals surface area contributed by atoms with Crippen molar-refractivity contribution in [3.63, 3.8) is 0 Å². The van der Waals surface area contributed by atoms with Gasteiger partial charge < -0.3 is 4.98 Å². The predicted molar refractivity (Wildman–Crippen MR) is 86.0 cm³/mol. The van der Waals surface area contributed by atoms with Crippen LogP contribution >= 0.6 is 0 Å². The van der Waals surface area contributed by atoms with E-state index in [1.54, 1.807) is 13.0 Å². The average molecular weight is 315 g/mol. The van der Waals surface area contributed by atoms with Crippen molar-refractivity contribution in [2.45, 2.75) is 25.3 Å². The minimum Gasteiger partial charge on any atom is -0.341 e. The van der Waals surface area contributed by atoms with Crippen LogP contribution in [-0.4, -0.2) is 18.4 Å². The molecule has 22 heavy (non-hydrogen) atoms. The molecule has 0 bridgehead atoms. The Labute approximate surface area is 129 Å². The first kappa shape index (κ1) is 14.7. The molecule has 6 heteroatoms. The highest BCUT2D eigenvalue weighted by Crippen LogP contribution is 2.17. The summed E-state index contributed by atoms with van der Waals surface area (Å²) in [7, 11) is -3.56. The largest absolute Gasteiger partial charge is 0.341 e. The molecule has 1 heterocycles. The van der Waals surface area contributed by atoms with Crippen molar-refractivity contribution in [2.24, 2.45) is 0 Å². The molecule has 5 nitrogen and oxygen atoms in total. The van der Waals surface area contributed by atoms with Crippen LogP contribution in [0.15, 0.2) is 47.4 Å². The smallest absolute Gasteiger partial charge is 0.241 e. The van der Waals surface area contributed by atoms with E-state index in [1.165, 1.54) is 0 Å². The van der Waals surface area contributed by atoms with E-state index in [9.17, 15) is 8.42 Å². The molecule has 0 atom stereocenters. The second kappa shape index (κ2) is 5.55. The topological polar surface area (TPSA) is 74.8 Å². The Morgan fingerprint density at radius 2 is 1.91 bits per heavy atom. The van der Waals surface area contributed by atoms with E-state index in [4.69, 9.17) is 0 Å². The number of benzene rings is 2. The van der Waals surface area contributed by atoms with Crippen molar-refractivity contribution in [3.8, 4) is 0 Å². The van der Waals surface area contributed by atoms with E-state index in [0.29, 0.717) is 10.7 Å². The number of aromatic amines is 1. The molecule has 114 valence electrons. The van der Waals surface area contributed by atoms with Crippen molar-refractivity contribution in [2.75, 3.05) is 0 Å². The lowest BCUT2D eigenvalue weighted by molar-refractivity contribution is 0.579. The molecule has 2 N–H and O–H groups in total. The Kier molecular flexibility index (Phi) is 3.72. The number of fused-ring (bicyclic) bond motifs is 1. The van der Waals surface area contributed by atoms with Crippen molar-refractivity contribution in [1.29, 1.82) is 0 Å². The normalized spacial score (nSPS) is 11.9. The van der Waals surface area contributed by atoms with E-state index in [1.807, 2.05) is 43.3 Å². The number of aromatic nitrogens is 2. The quantitative estimate of drug-likeness (QED) is 0.777. The first-order valence-electron chi connectivity index (χ1n) is 6.96. The number of rotatable bonds is 4. The van der Waals surface area contributed by atoms with Gasteiger partial charge in [-0.3, -0.25) is 0 Å². The maximum atomic E-state index is 12.4. The number of imidazole rings is 1. The molecule has 2 aromatic carbocycles. The van der Waals surface area contributed by atoms with Crippen molar-refractivity contribution >= 4 is 21.1 Å². The van der Waals surface area contributed by atoms with Crippen LogP contribution in [0.2, 0.25) is 0 Å². The molecule has 0 spiro atoms. The van der Waals surface area contributed by atoms with Gasteiger partial charge in [0, 0.05) is 0 Å². The van der Waals surface area contributed by atoms with Crippen LogP contribution in [0.3, 0.4) is 0 Å². The molecule has 0 aliphatic carbocycles. The molecular weight excluding hydrogens is 298 g/mol. The van der Waals surface area contributed by atoms with Crippen LogP contribution in [-0.2, 0) is 16.6 Å². The predicted octanol–water partition coefficient (Wildman–Crippen LogP) is 2.66. The lowest BCUT2D eigenvalue weighted by Crippen LogP contribution is -2.24. The van der Waals surface area contributed by atoms with Gasteiger partial charge in [0.15, 0.2) is 0 Å². The Hall–Kier alpha value is -2.18. The molecular formula is C16H17N3O2S. The summed E-state index contributed by atoms with van der Waals surface area (Å²) >= 11 is 0. The third-order valence-electron chi connectivity index (χ3n) is 3.50. The zero-order valence-electron chi connectivity index (χ0n) is 12.4. The number of para-hydroxylation sites is 2. The van der Waals surface area contributed by atoms with Gasteiger partial charge in [0.2, 0.25) is 10.0 Å². The number of hydrogen-bond donors (Lipinski definition) is 2. The molecule has 0 saturated heterocycles. The fourth-order valence-electron chi connectivity index (χ4n) is 2.33. The van der Waals surface area contributed by atoms with Gasteiger partial charge in [-0.05, 0) is 43.2 Å². The highest BCUT2D eigenvalue weighted by Gasteiger charge is 2.17. The van der Waals surface area contributed by atoms with Gasteiger partial charge in [-0.25, -0.2) is 18.1 Å². The molecule has 0 saturated carbocycles. The average Bonchev–Trinajstić information content (AvgIpc) is 2.90. The molecule has 0 aliphatic rings. The van der Waals surface area contributed by atoms with Gasteiger partial charge in [0.05, 0.1) is 22.5 Å². The monoisotopic (exact) mass is 315 g/mol. The Morgan fingerprint density at radius 1 is 1.14 bits per heavy atom. The van der Waals surface area contributed by atoms with Gasteiger partial charge in [-0.1, -0.05) is 24.3 Å². The van der Waals surface area contributed by atoms with Crippen LogP contribution in [0, 0.1) is 13.8 Å². The molecule has 3 aromatic rings. The van der Waals surface area contributed by atoms with E-state index in [0.717, 1.165) is 22.2 Å². The molecule has 0 amide bonds. The summed E-state index contributed by atoms with van der Waals surface area (Å²) in [5, 5.41) is 0. The highest BCUT2D eigenvalue weighted by molar-refractivity contribution is 7.89. The molecule has 0 fully saturated rings. The highest BCUT2D eigenvalue weighted by atomic mass is 32.2. The van der Waals surface area contributed by atoms with Crippen molar-refractivity contribution in [3.05, 3.63) is 59.4 Å². The lowest BCUT2D eigenvalue weighted by Gasteiger charge is -2.09. The zero-order chi connectivity index (χ0) is 15.7. The van der Waals surface area contributed by atoms with Crippen LogP contribution in [0.5, 0.6) is 0 Å². The van der Waals surface area contributed by atoms with Gasteiger partial charge >= 0.3 is 0 Å². The third-order valence-corrected chi connectivity index (χ3v) is 5.04. The molecule has 0 radical (unpaired) electrons. The van der Waals surface area contributed by atoms with E-state index < -0.39 is 10.0 Å². The summed E-state index contributed by atoms with van der Waals surface area (Å²) in [6.07, 6.45) is 0. The summed E-state index contributed by atoms with van der Waals surface area (Å²) in [4.78, 5) is 7.78. The zero-order valence-corrected chi connectivity index (χ0v) is 13.2. The third kappa shape index (κ3) is 2.88. The van der Waals surface area contributed by atoms with Gasteiger partial charge in [-0.15, -0.1) is 0 Å². The Balaban J connectivity index is 1.84. The van der Waals surface area contributed by atoms with Crippen LogP contribution in [0.4, 0.5) is 0 Å². The second-order valence-electron chi connectivity index (χ2n) is 5.29. The van der Waals surface area contributed by atoms with Gasteiger partial charge in [0.1, 0.15) is 5.82 Å². The first-order valence-corrected chi connectivity index (χ1v) is 8.44. The molecule has 1 aromatic heterocycles. The minimum atomic E-state index is -3.56. The van der Waals surface area contributed by atoms with Crippen molar-refractivity contribution < 1.29 is 8.42 Å². The van der Waals surface area contributed by atoms with Gasteiger partial charge in [0.25, 0.3) is 0 Å². The number of nitrogens with one attached hydrogen (secondary N) is 2. The summed E-state index contributed by atoms with van der Waals surface area (Å²) in [6.45, 7) is 3.79. The van der Waals surface area contributed by atoms with Crippen LogP contribution < -0.4 is 4.72 Å². The molecule has 3 rings (SSSR count). The number of aryl methyl sites for hydroxylation is 2. The second-order valence-corrected chi connectivity index (χ2v) is 7.03. The summed E-state index contributed by atoms with van der Waals surface area (Å²) in [5.41, 5.74) is 3.35. The van der Waals surface area contributed by atoms with Crippen molar-refractivity contribution in [1.82, 2.24) is 14.7 Å². The number of H-pyrrole nitrogens is 1. The Morgan fingerprint density at radius 3 is 2.68 bits per heavy atom. The SMILES string of the molecule is Cc1ccc(C)c(S(=O)(=O)NCc2nc3ccccc3[nH]2)c1. The van der Waals surface area contributed by atoms with Gasteiger partial charge in [-0.2, -0.15) is 0 Å². The minimum absolute atomic E-state index is 0.129. The Bertz CT molecular complexity index is 896. The number of hydrogen-bond acceptors (Lipinski definition) is 3. The lowest BCUT2D eigenvalue weighted by atomic mass is 10.2. The molecule has 0 unspecified atom stereocenters. The fraction of sp³-hybridized carbons (Fsp3) is 0.188. The van der Waals surface area contributed by atoms with Crippen LogP contribution in [0.1, 0.15) is 17.0 Å². The summed E-state index contributed by atoms with van der Waals surface area (Å²) in [6, 6.07) is 13.0. The molecule has 0 aliphatic heterocycles. The fourth-order valence-corrected chi connectivity index (χ4v) is 3.64. The van der Waals surface area contributed by atoms with Crippen LogP contribution in [0.25, 0.3) is 11.0 Å².